The number of hydrogen-bond donors (Lipinski definition) is 1. The Morgan fingerprint density at radius 2 is 1.70 bits per heavy atom. The molecular weight excluding hydrogens is 440 g/mol. The summed E-state index contributed by atoms with van der Waals surface area (Å²) in [4.78, 5) is 13.6. The lowest BCUT2D eigenvalue weighted by Gasteiger charge is -2.31. The summed E-state index contributed by atoms with van der Waals surface area (Å²) in [5, 5.41) is 0.872. The van der Waals surface area contributed by atoms with Gasteiger partial charge in [0, 0.05) is 23.1 Å². The number of piperazine rings is 1. The molecule has 1 N–H and O–H groups in total. The molecule has 7 nitrogen and oxygen atoms in total. The van der Waals surface area contributed by atoms with Gasteiger partial charge in [-0.15, -0.1) is 0 Å². The molecule has 0 radical (unpaired) electrons. The van der Waals surface area contributed by atoms with E-state index in [4.69, 9.17) is 9.15 Å². The van der Waals surface area contributed by atoms with E-state index in [2.05, 4.69) is 20.8 Å². The van der Waals surface area contributed by atoms with Crippen LogP contribution in [0.4, 0.5) is 0 Å². The van der Waals surface area contributed by atoms with Gasteiger partial charge in [-0.1, -0.05) is 32.9 Å². The number of ether oxygens (including phenoxy) is 1. The summed E-state index contributed by atoms with van der Waals surface area (Å²) < 4.78 is 38.4. The number of nitrogens with zero attached hydrogens (tertiary/aromatic N) is 1. The van der Waals surface area contributed by atoms with E-state index in [0.29, 0.717) is 49.0 Å². The average Bonchev–Trinajstić information content (AvgIpc) is 2.78. The van der Waals surface area contributed by atoms with Crippen molar-refractivity contribution < 1.29 is 22.5 Å². The second-order valence-corrected chi connectivity index (χ2v) is 11.5. The van der Waals surface area contributed by atoms with Gasteiger partial charge in [0.1, 0.15) is 17.9 Å². The van der Waals surface area contributed by atoms with Gasteiger partial charge in [0.05, 0.1) is 38.2 Å². The zero-order valence-corrected chi connectivity index (χ0v) is 20.4. The van der Waals surface area contributed by atoms with Crippen LogP contribution < -0.4 is 15.3 Å². The molecule has 0 unspecified atom stereocenters. The fraction of sp³-hybridized carbons (Fsp3) is 0.400. The number of sulfonamides is 1. The number of methoxy groups -OCH3 is 1. The number of fused-ring (bicyclic) bond motifs is 1. The largest absolute Gasteiger partial charge is 0.497 e. The second kappa shape index (κ2) is 8.93. The van der Waals surface area contributed by atoms with Crippen LogP contribution in [0.15, 0.2) is 62.6 Å². The van der Waals surface area contributed by atoms with E-state index in [0.717, 1.165) is 16.5 Å². The molecule has 176 valence electrons. The fourth-order valence-corrected chi connectivity index (χ4v) is 5.69. The van der Waals surface area contributed by atoms with Gasteiger partial charge in [0.15, 0.2) is 0 Å². The highest BCUT2D eigenvalue weighted by molar-refractivity contribution is 7.89. The maximum absolute atomic E-state index is 13.1. The summed E-state index contributed by atoms with van der Waals surface area (Å²) in [6, 6.07) is 14.2. The van der Waals surface area contributed by atoms with Crippen LogP contribution >= 0.6 is 0 Å². The minimum atomic E-state index is -3.53. The highest BCUT2D eigenvalue weighted by Crippen LogP contribution is 2.25. The minimum Gasteiger partial charge on any atom is -0.497 e. The van der Waals surface area contributed by atoms with Crippen molar-refractivity contribution >= 4 is 21.0 Å². The maximum Gasteiger partial charge on any atom is 0.336 e. The van der Waals surface area contributed by atoms with E-state index in [1.54, 1.807) is 29.6 Å². The normalized spacial score (nSPS) is 16.2. The third-order valence-corrected chi connectivity index (χ3v) is 8.18. The molecule has 4 rings (SSSR count). The Morgan fingerprint density at radius 3 is 2.30 bits per heavy atom. The highest BCUT2D eigenvalue weighted by Gasteiger charge is 2.31. The number of benzene rings is 2. The van der Waals surface area contributed by atoms with Crippen molar-refractivity contribution in [3.05, 3.63) is 70.1 Å². The molecule has 2 heterocycles. The van der Waals surface area contributed by atoms with Crippen molar-refractivity contribution in [3.63, 3.8) is 0 Å². The van der Waals surface area contributed by atoms with E-state index in [1.165, 1.54) is 11.0 Å². The molecule has 2 aromatic carbocycles. The van der Waals surface area contributed by atoms with Crippen LogP contribution in [0.2, 0.25) is 0 Å². The number of hydrogen-bond acceptors (Lipinski definition) is 5. The van der Waals surface area contributed by atoms with E-state index in [1.807, 2.05) is 24.3 Å². The molecule has 1 aromatic heterocycles. The zero-order chi connectivity index (χ0) is 23.8. The van der Waals surface area contributed by atoms with Crippen molar-refractivity contribution in [2.24, 2.45) is 0 Å². The van der Waals surface area contributed by atoms with Gasteiger partial charge in [0.2, 0.25) is 10.0 Å². The molecule has 1 aliphatic rings. The van der Waals surface area contributed by atoms with Gasteiger partial charge in [0.25, 0.3) is 0 Å². The molecule has 33 heavy (non-hydrogen) atoms. The Kier molecular flexibility index (Phi) is 6.35. The van der Waals surface area contributed by atoms with Gasteiger partial charge in [-0.2, -0.15) is 4.31 Å². The summed E-state index contributed by atoms with van der Waals surface area (Å²) in [5.41, 5.74) is 2.07. The Balaban J connectivity index is 1.46. The van der Waals surface area contributed by atoms with E-state index < -0.39 is 15.6 Å². The predicted molar refractivity (Wildman–Crippen MR) is 127 cm³/mol. The van der Waals surface area contributed by atoms with Crippen LogP contribution in [0.25, 0.3) is 11.0 Å². The summed E-state index contributed by atoms with van der Waals surface area (Å²) in [6.07, 6.45) is 0. The Bertz CT molecular complexity index is 1300. The highest BCUT2D eigenvalue weighted by atomic mass is 32.2. The molecule has 0 atom stereocenters. The van der Waals surface area contributed by atoms with E-state index in [9.17, 15) is 13.2 Å². The molecule has 3 aromatic rings. The Labute approximate surface area is 194 Å². The summed E-state index contributed by atoms with van der Waals surface area (Å²) in [7, 11) is -1.96. The first-order valence-corrected chi connectivity index (χ1v) is 12.6. The van der Waals surface area contributed by atoms with Gasteiger partial charge >= 0.3 is 5.63 Å². The minimum absolute atomic E-state index is 0.0265. The zero-order valence-electron chi connectivity index (χ0n) is 19.6. The third-order valence-electron chi connectivity index (χ3n) is 6.27. The topological polar surface area (TPSA) is 81.3 Å². The van der Waals surface area contributed by atoms with Crippen molar-refractivity contribution in [3.8, 4) is 5.75 Å². The van der Waals surface area contributed by atoms with Crippen molar-refractivity contribution in [2.75, 3.05) is 33.3 Å². The van der Waals surface area contributed by atoms with Gasteiger partial charge < -0.3 is 14.1 Å². The molecule has 0 spiro atoms. The van der Waals surface area contributed by atoms with Gasteiger partial charge in [-0.25, -0.2) is 13.2 Å². The maximum atomic E-state index is 13.1. The first-order chi connectivity index (χ1) is 15.6. The third kappa shape index (κ3) is 4.98. The number of nitrogens with one attached hydrogen (secondary N) is 1. The Hall–Kier alpha value is -2.68. The predicted octanol–water partition coefficient (Wildman–Crippen LogP) is 2.19. The molecule has 1 fully saturated rings. The molecule has 1 saturated heterocycles. The van der Waals surface area contributed by atoms with Crippen LogP contribution in [0.5, 0.6) is 5.75 Å². The number of quaternary nitrogens is 1. The molecular formula is C25H31N2O5S+. The van der Waals surface area contributed by atoms with E-state index >= 15 is 0 Å². The van der Waals surface area contributed by atoms with Crippen LogP contribution in [0.3, 0.4) is 0 Å². The van der Waals surface area contributed by atoms with Gasteiger partial charge in [-0.05, 0) is 35.2 Å². The number of rotatable bonds is 5. The van der Waals surface area contributed by atoms with Gasteiger partial charge in [-0.3, -0.25) is 0 Å². The Morgan fingerprint density at radius 1 is 1.03 bits per heavy atom. The lowest BCUT2D eigenvalue weighted by atomic mass is 9.87. The van der Waals surface area contributed by atoms with E-state index in [-0.39, 0.29) is 5.41 Å². The molecule has 8 heteroatoms. The van der Waals surface area contributed by atoms with Crippen molar-refractivity contribution in [2.45, 2.75) is 37.6 Å². The summed E-state index contributed by atoms with van der Waals surface area (Å²) in [5.74, 6) is 0.629. The SMILES string of the molecule is COc1ccc2c(C[NH+]3CCN(S(=O)(=O)c4ccc(C(C)(C)C)cc4)CC3)cc(=O)oc2c1. The molecule has 1 aliphatic heterocycles. The summed E-state index contributed by atoms with van der Waals surface area (Å²) >= 11 is 0. The van der Waals surface area contributed by atoms with Crippen molar-refractivity contribution in [1.82, 2.24) is 4.31 Å². The van der Waals surface area contributed by atoms with Crippen LogP contribution in [-0.2, 0) is 22.0 Å². The lowest BCUT2D eigenvalue weighted by molar-refractivity contribution is -0.917. The van der Waals surface area contributed by atoms with Crippen LogP contribution in [0, 0.1) is 0 Å². The van der Waals surface area contributed by atoms with Crippen LogP contribution in [-0.4, -0.2) is 46.0 Å². The lowest BCUT2D eigenvalue weighted by Crippen LogP contribution is -3.13. The first kappa shape index (κ1) is 23.5. The molecule has 0 aliphatic carbocycles. The average molecular weight is 472 g/mol. The van der Waals surface area contributed by atoms with Crippen molar-refractivity contribution in [1.29, 1.82) is 0 Å². The quantitative estimate of drug-likeness (QED) is 0.577. The standard InChI is InChI=1S/C25H30N2O5S/c1-25(2,3)19-5-8-21(9-6-19)33(29,30)27-13-11-26(12-14-27)17-18-15-24(28)32-23-16-20(31-4)7-10-22(18)23/h5-10,15-16H,11-14,17H2,1-4H3/p+1. The first-order valence-electron chi connectivity index (χ1n) is 11.1. The molecule has 0 amide bonds. The molecule has 0 bridgehead atoms. The second-order valence-electron chi connectivity index (χ2n) is 9.56. The van der Waals surface area contributed by atoms with Crippen LogP contribution in [0.1, 0.15) is 31.9 Å². The molecule has 0 saturated carbocycles. The summed E-state index contributed by atoms with van der Waals surface area (Å²) in [6.45, 7) is 9.15. The smallest absolute Gasteiger partial charge is 0.336 e. The monoisotopic (exact) mass is 471 g/mol. The fourth-order valence-electron chi connectivity index (χ4n) is 4.25.